The Balaban J connectivity index is 2.54. The monoisotopic (exact) mass is 294 g/mol. The van der Waals surface area contributed by atoms with Crippen LogP contribution in [-0.2, 0) is 0 Å². The Labute approximate surface area is 109 Å². The summed E-state index contributed by atoms with van der Waals surface area (Å²) in [5.41, 5.74) is 7.47. The summed E-state index contributed by atoms with van der Waals surface area (Å²) < 4.78 is 6.75. The molecule has 1 unspecified atom stereocenters. The number of pyridine rings is 1. The van der Waals surface area contributed by atoms with Crippen LogP contribution in [0.25, 0.3) is 10.9 Å². The molecule has 2 aromatic rings. The highest BCUT2D eigenvalue weighted by atomic mass is 79.9. The van der Waals surface area contributed by atoms with E-state index in [1.165, 1.54) is 0 Å². The standard InChI is InChI=1S/C13H15BrN2O/c1-3-8(2)17-12-5-4-11(15)10-6-9(14)7-16-13(10)12/h4-8H,3,15H2,1-2H3. The van der Waals surface area contributed by atoms with Gasteiger partial charge in [0.2, 0.25) is 0 Å². The highest BCUT2D eigenvalue weighted by molar-refractivity contribution is 9.10. The molecule has 1 aromatic heterocycles. The van der Waals surface area contributed by atoms with Gasteiger partial charge < -0.3 is 10.5 Å². The third-order valence-electron chi connectivity index (χ3n) is 2.72. The van der Waals surface area contributed by atoms with Crippen LogP contribution in [-0.4, -0.2) is 11.1 Å². The second-order valence-electron chi connectivity index (χ2n) is 4.04. The maximum Gasteiger partial charge on any atom is 0.146 e. The number of rotatable bonds is 3. The van der Waals surface area contributed by atoms with Crippen molar-refractivity contribution in [1.29, 1.82) is 0 Å². The van der Waals surface area contributed by atoms with E-state index in [2.05, 4.69) is 27.8 Å². The fraction of sp³-hybridized carbons (Fsp3) is 0.308. The number of ether oxygens (including phenoxy) is 1. The van der Waals surface area contributed by atoms with Gasteiger partial charge >= 0.3 is 0 Å². The number of benzene rings is 1. The summed E-state index contributed by atoms with van der Waals surface area (Å²) in [7, 11) is 0. The van der Waals surface area contributed by atoms with Gasteiger partial charge in [-0.15, -0.1) is 0 Å². The fourth-order valence-electron chi connectivity index (χ4n) is 1.59. The lowest BCUT2D eigenvalue weighted by molar-refractivity contribution is 0.220. The molecular formula is C13H15BrN2O. The lowest BCUT2D eigenvalue weighted by Crippen LogP contribution is -2.10. The Hall–Kier alpha value is -1.29. The number of nitrogens with two attached hydrogens (primary N) is 1. The lowest BCUT2D eigenvalue weighted by atomic mass is 10.1. The van der Waals surface area contributed by atoms with Crippen molar-refractivity contribution in [3.8, 4) is 5.75 Å². The summed E-state index contributed by atoms with van der Waals surface area (Å²) in [6, 6.07) is 5.69. The van der Waals surface area contributed by atoms with Crippen molar-refractivity contribution >= 4 is 32.5 Å². The third kappa shape index (κ3) is 2.52. The fourth-order valence-corrected chi connectivity index (χ4v) is 1.92. The van der Waals surface area contributed by atoms with Gasteiger partial charge in [-0.2, -0.15) is 0 Å². The molecule has 1 aromatic carbocycles. The molecule has 17 heavy (non-hydrogen) atoms. The topological polar surface area (TPSA) is 48.1 Å². The van der Waals surface area contributed by atoms with Gasteiger partial charge in [0.25, 0.3) is 0 Å². The van der Waals surface area contributed by atoms with Crippen LogP contribution < -0.4 is 10.5 Å². The second-order valence-corrected chi connectivity index (χ2v) is 4.96. The molecule has 0 aliphatic heterocycles. The summed E-state index contributed by atoms with van der Waals surface area (Å²) in [4.78, 5) is 4.38. The number of hydrogen-bond donors (Lipinski definition) is 1. The SMILES string of the molecule is CCC(C)Oc1ccc(N)c2cc(Br)cnc12. The normalized spacial score (nSPS) is 12.6. The van der Waals surface area contributed by atoms with E-state index in [0.717, 1.165) is 27.5 Å². The molecule has 0 fully saturated rings. The number of nitrogen functional groups attached to an aromatic ring is 1. The summed E-state index contributed by atoms with van der Waals surface area (Å²) >= 11 is 3.40. The second kappa shape index (κ2) is 4.92. The Morgan fingerprint density at radius 2 is 2.24 bits per heavy atom. The minimum Gasteiger partial charge on any atom is -0.488 e. The molecule has 2 N–H and O–H groups in total. The van der Waals surface area contributed by atoms with Crippen molar-refractivity contribution in [3.05, 3.63) is 28.9 Å². The van der Waals surface area contributed by atoms with E-state index in [1.54, 1.807) is 6.20 Å². The van der Waals surface area contributed by atoms with Gasteiger partial charge in [-0.3, -0.25) is 4.98 Å². The number of nitrogens with zero attached hydrogens (tertiary/aromatic N) is 1. The van der Waals surface area contributed by atoms with Gasteiger partial charge in [0.05, 0.1) is 6.10 Å². The Kier molecular flexibility index (Phi) is 3.52. The maximum absolute atomic E-state index is 5.94. The molecule has 0 bridgehead atoms. The molecule has 0 aliphatic carbocycles. The van der Waals surface area contributed by atoms with Crippen molar-refractivity contribution in [2.24, 2.45) is 0 Å². The van der Waals surface area contributed by atoms with Crippen LogP contribution >= 0.6 is 15.9 Å². The first-order valence-corrected chi connectivity index (χ1v) is 6.41. The quantitative estimate of drug-likeness (QED) is 0.877. The van der Waals surface area contributed by atoms with Crippen LogP contribution in [0.4, 0.5) is 5.69 Å². The lowest BCUT2D eigenvalue weighted by Gasteiger charge is -2.14. The zero-order chi connectivity index (χ0) is 12.4. The van der Waals surface area contributed by atoms with Crippen LogP contribution in [0.3, 0.4) is 0 Å². The third-order valence-corrected chi connectivity index (χ3v) is 3.15. The summed E-state index contributed by atoms with van der Waals surface area (Å²) in [6.45, 7) is 4.13. The summed E-state index contributed by atoms with van der Waals surface area (Å²) in [5.74, 6) is 0.788. The van der Waals surface area contributed by atoms with E-state index >= 15 is 0 Å². The van der Waals surface area contributed by atoms with Gasteiger partial charge in [0.15, 0.2) is 0 Å². The van der Waals surface area contributed by atoms with E-state index in [1.807, 2.05) is 25.1 Å². The first-order chi connectivity index (χ1) is 8.11. The number of aromatic nitrogens is 1. The average Bonchev–Trinajstić information content (AvgIpc) is 2.33. The molecule has 0 radical (unpaired) electrons. The van der Waals surface area contributed by atoms with Crippen LogP contribution in [0.15, 0.2) is 28.9 Å². The predicted octanol–water partition coefficient (Wildman–Crippen LogP) is 3.76. The summed E-state index contributed by atoms with van der Waals surface area (Å²) in [5, 5.41) is 0.917. The van der Waals surface area contributed by atoms with Crippen LogP contribution in [0.5, 0.6) is 5.75 Å². The highest BCUT2D eigenvalue weighted by Gasteiger charge is 2.09. The van der Waals surface area contributed by atoms with E-state index in [0.29, 0.717) is 5.69 Å². The minimum atomic E-state index is 0.173. The molecule has 0 amide bonds. The van der Waals surface area contributed by atoms with Crippen molar-refractivity contribution in [2.75, 3.05) is 5.73 Å². The Morgan fingerprint density at radius 3 is 2.94 bits per heavy atom. The van der Waals surface area contributed by atoms with Crippen molar-refractivity contribution in [1.82, 2.24) is 4.98 Å². The largest absolute Gasteiger partial charge is 0.488 e. The first-order valence-electron chi connectivity index (χ1n) is 5.62. The number of halogens is 1. The predicted molar refractivity (Wildman–Crippen MR) is 74.2 cm³/mol. The van der Waals surface area contributed by atoms with Gasteiger partial charge in [0.1, 0.15) is 11.3 Å². The van der Waals surface area contributed by atoms with Crippen LogP contribution in [0, 0.1) is 0 Å². The van der Waals surface area contributed by atoms with Gasteiger partial charge in [0, 0.05) is 21.7 Å². The first kappa shape index (κ1) is 12.2. The van der Waals surface area contributed by atoms with Crippen molar-refractivity contribution in [2.45, 2.75) is 26.4 Å². The van der Waals surface area contributed by atoms with Crippen molar-refractivity contribution < 1.29 is 4.74 Å². The molecule has 1 atom stereocenters. The molecule has 0 spiro atoms. The molecule has 3 nitrogen and oxygen atoms in total. The Bertz CT molecular complexity index is 542. The zero-order valence-corrected chi connectivity index (χ0v) is 11.5. The number of anilines is 1. The van der Waals surface area contributed by atoms with E-state index in [4.69, 9.17) is 10.5 Å². The van der Waals surface area contributed by atoms with E-state index in [9.17, 15) is 0 Å². The molecule has 1 heterocycles. The van der Waals surface area contributed by atoms with Crippen LogP contribution in [0.1, 0.15) is 20.3 Å². The minimum absolute atomic E-state index is 0.173. The van der Waals surface area contributed by atoms with Gasteiger partial charge in [-0.1, -0.05) is 6.92 Å². The van der Waals surface area contributed by atoms with Gasteiger partial charge in [-0.25, -0.2) is 0 Å². The highest BCUT2D eigenvalue weighted by Crippen LogP contribution is 2.31. The molecule has 90 valence electrons. The summed E-state index contributed by atoms with van der Waals surface area (Å²) in [6.07, 6.45) is 2.89. The number of hydrogen-bond acceptors (Lipinski definition) is 3. The van der Waals surface area contributed by atoms with E-state index in [-0.39, 0.29) is 6.10 Å². The Morgan fingerprint density at radius 1 is 1.47 bits per heavy atom. The molecule has 0 aliphatic rings. The van der Waals surface area contributed by atoms with Crippen molar-refractivity contribution in [3.63, 3.8) is 0 Å². The smallest absolute Gasteiger partial charge is 0.146 e. The molecule has 0 saturated heterocycles. The molecule has 2 rings (SSSR count). The average molecular weight is 295 g/mol. The number of fused-ring (bicyclic) bond motifs is 1. The van der Waals surface area contributed by atoms with Gasteiger partial charge in [-0.05, 0) is 47.5 Å². The molecule has 0 saturated carbocycles. The molecule has 4 heteroatoms. The molecular weight excluding hydrogens is 280 g/mol. The maximum atomic E-state index is 5.94. The van der Waals surface area contributed by atoms with E-state index < -0.39 is 0 Å². The zero-order valence-electron chi connectivity index (χ0n) is 9.90. The van der Waals surface area contributed by atoms with Crippen LogP contribution in [0.2, 0.25) is 0 Å².